The summed E-state index contributed by atoms with van der Waals surface area (Å²) in [6.45, 7) is 0. The van der Waals surface area contributed by atoms with E-state index in [4.69, 9.17) is 5.73 Å². The summed E-state index contributed by atoms with van der Waals surface area (Å²) >= 11 is 3.24. The Balaban J connectivity index is 1.86. The molecule has 0 spiro atoms. The Morgan fingerprint density at radius 3 is 2.84 bits per heavy atom. The van der Waals surface area contributed by atoms with E-state index in [0.717, 1.165) is 15.9 Å². The molecule has 0 saturated carbocycles. The SMILES string of the molecule is Nc1cccc(CCC(=O)Nc2ccc(Br)nc2)c1. The lowest BCUT2D eigenvalue weighted by molar-refractivity contribution is -0.116. The summed E-state index contributed by atoms with van der Waals surface area (Å²) in [6, 6.07) is 11.2. The van der Waals surface area contributed by atoms with Crippen LogP contribution in [0.4, 0.5) is 11.4 Å². The standard InChI is InChI=1S/C14H14BrN3O/c15-13-6-5-12(9-17-13)18-14(19)7-4-10-2-1-3-11(16)8-10/h1-3,5-6,8-9H,4,7,16H2,(H,18,19). The van der Waals surface area contributed by atoms with Gasteiger partial charge in [-0.05, 0) is 52.2 Å². The second-order valence-electron chi connectivity index (χ2n) is 4.16. The van der Waals surface area contributed by atoms with Crippen molar-refractivity contribution in [3.05, 3.63) is 52.8 Å². The third-order valence-electron chi connectivity index (χ3n) is 2.60. The zero-order chi connectivity index (χ0) is 13.7. The van der Waals surface area contributed by atoms with Gasteiger partial charge in [0, 0.05) is 12.1 Å². The number of nitrogens with one attached hydrogen (secondary N) is 1. The van der Waals surface area contributed by atoms with E-state index >= 15 is 0 Å². The number of carbonyl (C=O) groups excluding carboxylic acids is 1. The van der Waals surface area contributed by atoms with E-state index in [1.165, 1.54) is 0 Å². The zero-order valence-corrected chi connectivity index (χ0v) is 11.9. The van der Waals surface area contributed by atoms with Gasteiger partial charge < -0.3 is 11.1 Å². The molecule has 0 bridgehead atoms. The number of nitrogens with zero attached hydrogens (tertiary/aromatic N) is 1. The molecule has 19 heavy (non-hydrogen) atoms. The van der Waals surface area contributed by atoms with E-state index in [1.807, 2.05) is 24.3 Å². The van der Waals surface area contributed by atoms with E-state index in [9.17, 15) is 4.79 Å². The molecule has 0 aliphatic carbocycles. The van der Waals surface area contributed by atoms with Crippen molar-refractivity contribution in [2.24, 2.45) is 0 Å². The average Bonchev–Trinajstić information content (AvgIpc) is 2.39. The molecule has 0 radical (unpaired) electrons. The second kappa shape index (κ2) is 6.33. The highest BCUT2D eigenvalue weighted by Crippen LogP contribution is 2.12. The van der Waals surface area contributed by atoms with E-state index in [0.29, 0.717) is 18.5 Å². The summed E-state index contributed by atoms with van der Waals surface area (Å²) in [4.78, 5) is 15.8. The number of aromatic nitrogens is 1. The van der Waals surface area contributed by atoms with Gasteiger partial charge in [0.25, 0.3) is 0 Å². The van der Waals surface area contributed by atoms with Gasteiger partial charge in [0.1, 0.15) is 4.60 Å². The highest BCUT2D eigenvalue weighted by atomic mass is 79.9. The normalized spacial score (nSPS) is 10.2. The van der Waals surface area contributed by atoms with Crippen molar-refractivity contribution in [2.45, 2.75) is 12.8 Å². The Bertz CT molecular complexity index is 569. The molecule has 1 amide bonds. The maximum atomic E-state index is 11.8. The summed E-state index contributed by atoms with van der Waals surface area (Å²) in [5, 5.41) is 2.80. The van der Waals surface area contributed by atoms with Crippen LogP contribution in [0.5, 0.6) is 0 Å². The van der Waals surface area contributed by atoms with Gasteiger partial charge in [-0.3, -0.25) is 4.79 Å². The van der Waals surface area contributed by atoms with Crippen LogP contribution >= 0.6 is 15.9 Å². The summed E-state index contributed by atoms with van der Waals surface area (Å²) in [7, 11) is 0. The number of anilines is 2. The van der Waals surface area contributed by atoms with E-state index in [-0.39, 0.29) is 5.91 Å². The lowest BCUT2D eigenvalue weighted by Crippen LogP contribution is -2.12. The molecule has 3 N–H and O–H groups in total. The maximum absolute atomic E-state index is 11.8. The fraction of sp³-hybridized carbons (Fsp3) is 0.143. The molecule has 0 aliphatic rings. The van der Waals surface area contributed by atoms with Gasteiger partial charge in [-0.1, -0.05) is 12.1 Å². The highest BCUT2D eigenvalue weighted by molar-refractivity contribution is 9.10. The van der Waals surface area contributed by atoms with E-state index in [1.54, 1.807) is 18.3 Å². The third kappa shape index (κ3) is 4.37. The van der Waals surface area contributed by atoms with Gasteiger partial charge >= 0.3 is 0 Å². The molecule has 0 aliphatic heterocycles. The van der Waals surface area contributed by atoms with Gasteiger partial charge in [-0.15, -0.1) is 0 Å². The molecule has 0 fully saturated rings. The molecule has 4 nitrogen and oxygen atoms in total. The van der Waals surface area contributed by atoms with Crippen LogP contribution in [-0.4, -0.2) is 10.9 Å². The number of carbonyl (C=O) groups is 1. The molecule has 0 saturated heterocycles. The van der Waals surface area contributed by atoms with Crippen LogP contribution in [0.1, 0.15) is 12.0 Å². The molecular weight excluding hydrogens is 306 g/mol. The van der Waals surface area contributed by atoms with Crippen molar-refractivity contribution >= 4 is 33.2 Å². The fourth-order valence-electron chi connectivity index (χ4n) is 1.68. The van der Waals surface area contributed by atoms with E-state index in [2.05, 4.69) is 26.2 Å². The van der Waals surface area contributed by atoms with Crippen molar-refractivity contribution in [2.75, 3.05) is 11.1 Å². The molecule has 2 rings (SSSR count). The predicted molar refractivity (Wildman–Crippen MR) is 79.7 cm³/mol. The van der Waals surface area contributed by atoms with Crippen LogP contribution in [-0.2, 0) is 11.2 Å². The number of pyridine rings is 1. The predicted octanol–water partition coefficient (Wildman–Crippen LogP) is 3.00. The van der Waals surface area contributed by atoms with E-state index < -0.39 is 0 Å². The second-order valence-corrected chi connectivity index (χ2v) is 4.98. The first kappa shape index (κ1) is 13.5. The monoisotopic (exact) mass is 319 g/mol. The Morgan fingerprint density at radius 1 is 1.32 bits per heavy atom. The van der Waals surface area contributed by atoms with Gasteiger partial charge in [0.2, 0.25) is 5.91 Å². The quantitative estimate of drug-likeness (QED) is 0.672. The smallest absolute Gasteiger partial charge is 0.224 e. The maximum Gasteiger partial charge on any atom is 0.224 e. The summed E-state index contributed by atoms with van der Waals surface area (Å²) in [5.41, 5.74) is 8.16. The number of hydrogen-bond acceptors (Lipinski definition) is 3. The molecule has 1 heterocycles. The minimum Gasteiger partial charge on any atom is -0.399 e. The number of nitrogen functional groups attached to an aromatic ring is 1. The molecule has 1 aromatic heterocycles. The number of aryl methyl sites for hydroxylation is 1. The largest absolute Gasteiger partial charge is 0.399 e. The van der Waals surface area contributed by atoms with Crippen LogP contribution in [0, 0.1) is 0 Å². The molecular formula is C14H14BrN3O. The number of amides is 1. The first-order valence-electron chi connectivity index (χ1n) is 5.89. The number of hydrogen-bond donors (Lipinski definition) is 2. The topological polar surface area (TPSA) is 68.0 Å². The number of benzene rings is 1. The average molecular weight is 320 g/mol. The van der Waals surface area contributed by atoms with Crippen LogP contribution < -0.4 is 11.1 Å². The van der Waals surface area contributed by atoms with Crippen LogP contribution in [0.25, 0.3) is 0 Å². The molecule has 0 unspecified atom stereocenters. The Labute approximate surface area is 120 Å². The lowest BCUT2D eigenvalue weighted by Gasteiger charge is -2.05. The van der Waals surface area contributed by atoms with Crippen LogP contribution in [0.3, 0.4) is 0 Å². The van der Waals surface area contributed by atoms with Gasteiger partial charge in [0.15, 0.2) is 0 Å². The van der Waals surface area contributed by atoms with Gasteiger partial charge in [-0.25, -0.2) is 4.98 Å². The summed E-state index contributed by atoms with van der Waals surface area (Å²) < 4.78 is 0.741. The summed E-state index contributed by atoms with van der Waals surface area (Å²) in [5.74, 6) is -0.0356. The van der Waals surface area contributed by atoms with Crippen molar-refractivity contribution in [1.82, 2.24) is 4.98 Å². The third-order valence-corrected chi connectivity index (χ3v) is 3.07. The molecule has 1 aromatic carbocycles. The molecule has 5 heteroatoms. The number of halogens is 1. The first-order chi connectivity index (χ1) is 9.13. The minimum absolute atomic E-state index is 0.0356. The molecule has 98 valence electrons. The minimum atomic E-state index is -0.0356. The number of nitrogens with two attached hydrogens (primary N) is 1. The lowest BCUT2D eigenvalue weighted by atomic mass is 10.1. The Hall–Kier alpha value is -1.88. The Kier molecular flexibility index (Phi) is 4.52. The first-order valence-corrected chi connectivity index (χ1v) is 6.68. The van der Waals surface area contributed by atoms with Crippen molar-refractivity contribution in [1.29, 1.82) is 0 Å². The van der Waals surface area contributed by atoms with Gasteiger partial charge in [-0.2, -0.15) is 0 Å². The highest BCUT2D eigenvalue weighted by Gasteiger charge is 2.03. The van der Waals surface area contributed by atoms with Crippen LogP contribution in [0.15, 0.2) is 47.2 Å². The van der Waals surface area contributed by atoms with Crippen LogP contribution in [0.2, 0.25) is 0 Å². The Morgan fingerprint density at radius 2 is 2.16 bits per heavy atom. The van der Waals surface area contributed by atoms with Gasteiger partial charge in [0.05, 0.1) is 11.9 Å². The van der Waals surface area contributed by atoms with Crippen molar-refractivity contribution in [3.8, 4) is 0 Å². The molecule has 0 atom stereocenters. The zero-order valence-electron chi connectivity index (χ0n) is 10.3. The fourth-order valence-corrected chi connectivity index (χ4v) is 1.91. The van der Waals surface area contributed by atoms with Crippen molar-refractivity contribution in [3.63, 3.8) is 0 Å². The van der Waals surface area contributed by atoms with Crippen molar-refractivity contribution < 1.29 is 4.79 Å². The number of rotatable bonds is 4. The summed E-state index contributed by atoms with van der Waals surface area (Å²) in [6.07, 6.45) is 2.70. The molecule has 2 aromatic rings.